The van der Waals surface area contributed by atoms with Gasteiger partial charge in [-0.3, -0.25) is 0 Å². The molecule has 0 aromatic carbocycles. The lowest BCUT2D eigenvalue weighted by Gasteiger charge is -2.15. The van der Waals surface area contributed by atoms with Crippen molar-refractivity contribution in [2.75, 3.05) is 13.2 Å². The topological polar surface area (TPSA) is 33.6 Å². The lowest BCUT2D eigenvalue weighted by atomic mass is 10.1. The van der Waals surface area contributed by atoms with E-state index in [9.17, 15) is 0 Å². The first-order valence-electron chi connectivity index (χ1n) is 5.03. The third-order valence-corrected chi connectivity index (χ3v) is 3.13. The molecule has 1 saturated carbocycles. The zero-order valence-electron chi connectivity index (χ0n) is 8.63. The van der Waals surface area contributed by atoms with Gasteiger partial charge in [0.2, 0.25) is 0 Å². The summed E-state index contributed by atoms with van der Waals surface area (Å²) in [4.78, 5) is 4.22. The van der Waals surface area contributed by atoms with Gasteiger partial charge in [-0.25, -0.2) is 4.99 Å². The van der Waals surface area contributed by atoms with Crippen LogP contribution in [0.3, 0.4) is 0 Å². The molecular formula is C10H18N2O. The SMILES string of the molecule is CC(NC1=NCCO1)C1CC1(C)C. The molecule has 0 amide bonds. The lowest BCUT2D eigenvalue weighted by Crippen LogP contribution is -2.35. The Morgan fingerprint density at radius 2 is 2.31 bits per heavy atom. The molecule has 3 heteroatoms. The quantitative estimate of drug-likeness (QED) is 0.700. The van der Waals surface area contributed by atoms with Crippen molar-refractivity contribution in [2.24, 2.45) is 16.3 Å². The van der Waals surface area contributed by atoms with Gasteiger partial charge in [0.15, 0.2) is 0 Å². The van der Waals surface area contributed by atoms with E-state index < -0.39 is 0 Å². The maximum atomic E-state index is 5.31. The highest BCUT2D eigenvalue weighted by Gasteiger charge is 2.48. The van der Waals surface area contributed by atoms with E-state index in [-0.39, 0.29) is 0 Å². The smallest absolute Gasteiger partial charge is 0.285 e. The van der Waals surface area contributed by atoms with Crippen LogP contribution in [0.15, 0.2) is 4.99 Å². The van der Waals surface area contributed by atoms with Crippen LogP contribution in [-0.4, -0.2) is 25.2 Å². The minimum absolute atomic E-state index is 0.492. The molecule has 0 radical (unpaired) electrons. The number of hydrogen-bond donors (Lipinski definition) is 1. The highest BCUT2D eigenvalue weighted by atomic mass is 16.5. The molecule has 2 rings (SSSR count). The van der Waals surface area contributed by atoms with Crippen LogP contribution < -0.4 is 5.32 Å². The Balaban J connectivity index is 1.82. The average Bonchev–Trinajstić information content (AvgIpc) is 2.49. The van der Waals surface area contributed by atoms with E-state index in [1.807, 2.05) is 0 Å². The molecule has 1 heterocycles. The van der Waals surface area contributed by atoms with Crippen LogP contribution >= 0.6 is 0 Å². The molecule has 1 N–H and O–H groups in total. The van der Waals surface area contributed by atoms with Gasteiger partial charge in [0, 0.05) is 6.04 Å². The Hall–Kier alpha value is -0.730. The van der Waals surface area contributed by atoms with Crippen LogP contribution in [0.2, 0.25) is 0 Å². The summed E-state index contributed by atoms with van der Waals surface area (Å²) >= 11 is 0. The standard InChI is InChI=1S/C10H18N2O/c1-7(8-6-10(8,2)3)12-9-11-4-5-13-9/h7-8H,4-6H2,1-3H3,(H,11,12). The zero-order chi connectivity index (χ0) is 9.47. The van der Waals surface area contributed by atoms with Gasteiger partial charge >= 0.3 is 0 Å². The fourth-order valence-electron chi connectivity index (χ4n) is 2.08. The highest BCUT2D eigenvalue weighted by molar-refractivity contribution is 5.75. The third kappa shape index (κ3) is 1.79. The van der Waals surface area contributed by atoms with E-state index >= 15 is 0 Å². The third-order valence-electron chi connectivity index (χ3n) is 3.13. The molecule has 0 bridgehead atoms. The minimum atomic E-state index is 0.492. The molecule has 0 aromatic rings. The Morgan fingerprint density at radius 1 is 1.62 bits per heavy atom. The Bertz CT molecular complexity index is 235. The van der Waals surface area contributed by atoms with Crippen LogP contribution in [0.1, 0.15) is 27.2 Å². The minimum Gasteiger partial charge on any atom is -0.463 e. The summed E-state index contributed by atoms with van der Waals surface area (Å²) < 4.78 is 5.31. The van der Waals surface area contributed by atoms with Crippen LogP contribution in [0.25, 0.3) is 0 Å². The average molecular weight is 182 g/mol. The largest absolute Gasteiger partial charge is 0.463 e. The van der Waals surface area contributed by atoms with E-state index in [4.69, 9.17) is 4.74 Å². The molecule has 0 aromatic heterocycles. The summed E-state index contributed by atoms with van der Waals surface area (Å²) in [6, 6.07) is 1.24. The molecule has 2 aliphatic rings. The predicted octanol–water partition coefficient (Wildman–Crippen LogP) is 1.40. The van der Waals surface area contributed by atoms with Gasteiger partial charge in [-0.2, -0.15) is 0 Å². The lowest BCUT2D eigenvalue weighted by molar-refractivity contribution is 0.320. The molecule has 1 aliphatic heterocycles. The highest BCUT2D eigenvalue weighted by Crippen LogP contribution is 2.53. The van der Waals surface area contributed by atoms with Gasteiger partial charge in [-0.1, -0.05) is 13.8 Å². The Morgan fingerprint density at radius 3 is 2.77 bits per heavy atom. The summed E-state index contributed by atoms with van der Waals surface area (Å²) in [6.07, 6.45) is 1.31. The summed E-state index contributed by atoms with van der Waals surface area (Å²) in [6.45, 7) is 8.39. The first-order valence-corrected chi connectivity index (χ1v) is 5.03. The number of aliphatic imine (C=N–C) groups is 1. The van der Waals surface area contributed by atoms with Crippen molar-refractivity contribution in [3.63, 3.8) is 0 Å². The Kier molecular flexibility index (Phi) is 1.97. The van der Waals surface area contributed by atoms with Gasteiger partial charge in [-0.15, -0.1) is 0 Å². The number of rotatable bonds is 2. The van der Waals surface area contributed by atoms with E-state index in [0.717, 1.165) is 25.1 Å². The van der Waals surface area contributed by atoms with Crippen molar-refractivity contribution >= 4 is 6.02 Å². The van der Waals surface area contributed by atoms with E-state index in [1.54, 1.807) is 0 Å². The number of ether oxygens (including phenoxy) is 1. The molecule has 74 valence electrons. The maximum absolute atomic E-state index is 5.31. The summed E-state index contributed by atoms with van der Waals surface area (Å²) in [5.41, 5.74) is 0.519. The van der Waals surface area contributed by atoms with E-state index in [0.29, 0.717) is 11.5 Å². The summed E-state index contributed by atoms with van der Waals surface area (Å²) in [5, 5.41) is 3.32. The molecule has 1 fully saturated rings. The summed E-state index contributed by atoms with van der Waals surface area (Å²) in [7, 11) is 0. The Labute approximate surface area is 79.6 Å². The van der Waals surface area contributed by atoms with E-state index in [1.165, 1.54) is 6.42 Å². The second-order valence-electron chi connectivity index (χ2n) is 4.77. The maximum Gasteiger partial charge on any atom is 0.285 e. The van der Waals surface area contributed by atoms with Crippen LogP contribution in [0, 0.1) is 11.3 Å². The predicted molar refractivity (Wildman–Crippen MR) is 52.7 cm³/mol. The number of nitrogens with one attached hydrogen (secondary N) is 1. The zero-order valence-corrected chi connectivity index (χ0v) is 8.63. The normalized spacial score (nSPS) is 31.9. The molecule has 3 nitrogen and oxygen atoms in total. The molecular weight excluding hydrogens is 164 g/mol. The van der Waals surface area contributed by atoms with Crippen molar-refractivity contribution in [1.82, 2.24) is 5.32 Å². The molecule has 2 unspecified atom stereocenters. The molecule has 13 heavy (non-hydrogen) atoms. The van der Waals surface area contributed by atoms with Crippen molar-refractivity contribution in [3.05, 3.63) is 0 Å². The van der Waals surface area contributed by atoms with Crippen molar-refractivity contribution in [2.45, 2.75) is 33.2 Å². The number of amidine groups is 1. The van der Waals surface area contributed by atoms with Gasteiger partial charge in [0.05, 0.1) is 6.54 Å². The molecule has 0 saturated heterocycles. The molecule has 2 atom stereocenters. The van der Waals surface area contributed by atoms with Crippen molar-refractivity contribution < 1.29 is 4.74 Å². The first-order chi connectivity index (χ1) is 6.09. The van der Waals surface area contributed by atoms with Crippen LogP contribution in [-0.2, 0) is 4.74 Å². The second kappa shape index (κ2) is 2.89. The second-order valence-corrected chi connectivity index (χ2v) is 4.77. The fraction of sp³-hybridized carbons (Fsp3) is 0.900. The van der Waals surface area contributed by atoms with Gasteiger partial charge < -0.3 is 10.1 Å². The summed E-state index contributed by atoms with van der Waals surface area (Å²) in [5.74, 6) is 0.777. The molecule has 1 aliphatic carbocycles. The number of hydrogen-bond acceptors (Lipinski definition) is 3. The van der Waals surface area contributed by atoms with Crippen molar-refractivity contribution in [1.29, 1.82) is 0 Å². The monoisotopic (exact) mass is 182 g/mol. The van der Waals surface area contributed by atoms with Crippen LogP contribution in [0.4, 0.5) is 0 Å². The van der Waals surface area contributed by atoms with Gasteiger partial charge in [-0.05, 0) is 24.7 Å². The van der Waals surface area contributed by atoms with Crippen molar-refractivity contribution in [3.8, 4) is 0 Å². The van der Waals surface area contributed by atoms with E-state index in [2.05, 4.69) is 31.1 Å². The fourth-order valence-corrected chi connectivity index (χ4v) is 2.08. The van der Waals surface area contributed by atoms with Gasteiger partial charge in [0.25, 0.3) is 6.02 Å². The number of nitrogens with zero attached hydrogens (tertiary/aromatic N) is 1. The van der Waals surface area contributed by atoms with Crippen LogP contribution in [0.5, 0.6) is 0 Å². The molecule has 0 spiro atoms. The van der Waals surface area contributed by atoms with Gasteiger partial charge in [0.1, 0.15) is 6.61 Å². The first kappa shape index (κ1) is 8.85.